The van der Waals surface area contributed by atoms with Gasteiger partial charge in [-0.05, 0) is 19.1 Å². The third-order valence-electron chi connectivity index (χ3n) is 3.75. The van der Waals surface area contributed by atoms with Crippen molar-refractivity contribution in [3.63, 3.8) is 0 Å². The number of nitrogens with zero attached hydrogens (tertiary/aromatic N) is 2. The topological polar surface area (TPSA) is 67.2 Å². The minimum Gasteiger partial charge on any atom is -0.478 e. The first-order chi connectivity index (χ1) is 8.99. The Hall–Kier alpha value is -1.01. The van der Waals surface area contributed by atoms with E-state index in [4.69, 9.17) is 5.11 Å². The van der Waals surface area contributed by atoms with Crippen molar-refractivity contribution in [2.45, 2.75) is 38.0 Å². The third-order valence-corrected chi connectivity index (χ3v) is 5.34. The van der Waals surface area contributed by atoms with Gasteiger partial charge in [0.05, 0.1) is 11.9 Å². The Morgan fingerprint density at radius 1 is 1.53 bits per heavy atom. The highest BCUT2D eigenvalue weighted by Crippen LogP contribution is 2.29. The molecular weight excluding hydrogens is 262 g/mol. The zero-order chi connectivity index (χ0) is 14.5. The first-order valence-corrected chi connectivity index (χ1v) is 7.72. The molecule has 0 bridgehead atoms. The lowest BCUT2D eigenvalue weighted by Gasteiger charge is -2.30. The van der Waals surface area contributed by atoms with Gasteiger partial charge >= 0.3 is 5.97 Å². The Morgan fingerprint density at radius 3 is 2.63 bits per heavy atom. The van der Waals surface area contributed by atoms with Crippen LogP contribution in [-0.2, 0) is 13.6 Å². The van der Waals surface area contributed by atoms with Gasteiger partial charge in [-0.15, -0.1) is 0 Å². The van der Waals surface area contributed by atoms with Gasteiger partial charge in [0.2, 0.25) is 0 Å². The van der Waals surface area contributed by atoms with Crippen LogP contribution in [0.4, 0.5) is 0 Å². The maximum atomic E-state index is 11.1. The summed E-state index contributed by atoms with van der Waals surface area (Å²) in [6.45, 7) is 5.77. The number of aryl methyl sites for hydroxylation is 1. The van der Waals surface area contributed by atoms with Crippen LogP contribution in [0.5, 0.6) is 0 Å². The standard InChI is InChI=1S/C13H23N3O2S/c1-5-13(6-2,19-4)9-14-8-11-10(12(17)18)7-15-16(11)3/h7,14H,5-6,8-9H2,1-4H3,(H,17,18). The molecule has 0 fully saturated rings. The second-order valence-corrected chi connectivity index (χ2v) is 5.91. The zero-order valence-corrected chi connectivity index (χ0v) is 12.9. The van der Waals surface area contributed by atoms with Gasteiger partial charge in [0.15, 0.2) is 0 Å². The molecule has 5 nitrogen and oxygen atoms in total. The number of aromatic carboxylic acids is 1. The first kappa shape index (κ1) is 16.0. The molecule has 0 aliphatic rings. The van der Waals surface area contributed by atoms with Crippen LogP contribution in [0.2, 0.25) is 0 Å². The summed E-state index contributed by atoms with van der Waals surface area (Å²) < 4.78 is 1.84. The number of thioether (sulfide) groups is 1. The third kappa shape index (κ3) is 3.73. The van der Waals surface area contributed by atoms with Gasteiger partial charge in [-0.3, -0.25) is 4.68 Å². The number of rotatable bonds is 8. The quantitative estimate of drug-likeness (QED) is 0.766. The summed E-state index contributed by atoms with van der Waals surface area (Å²) in [5, 5.41) is 16.5. The fourth-order valence-electron chi connectivity index (χ4n) is 2.12. The summed E-state index contributed by atoms with van der Waals surface area (Å²) in [6, 6.07) is 0. The van der Waals surface area contributed by atoms with Crippen molar-refractivity contribution in [3.05, 3.63) is 17.5 Å². The van der Waals surface area contributed by atoms with E-state index in [1.54, 1.807) is 11.7 Å². The highest BCUT2D eigenvalue weighted by Gasteiger charge is 2.24. The van der Waals surface area contributed by atoms with Crippen molar-refractivity contribution < 1.29 is 9.90 Å². The van der Waals surface area contributed by atoms with Crippen LogP contribution in [0.3, 0.4) is 0 Å². The highest BCUT2D eigenvalue weighted by molar-refractivity contribution is 8.00. The van der Waals surface area contributed by atoms with Gasteiger partial charge in [0, 0.05) is 24.9 Å². The van der Waals surface area contributed by atoms with Gasteiger partial charge in [0.25, 0.3) is 0 Å². The van der Waals surface area contributed by atoms with Crippen molar-refractivity contribution >= 4 is 17.7 Å². The molecule has 0 aliphatic carbocycles. The normalized spacial score (nSPS) is 11.8. The lowest BCUT2D eigenvalue weighted by Crippen LogP contribution is -2.36. The van der Waals surface area contributed by atoms with Crippen LogP contribution >= 0.6 is 11.8 Å². The van der Waals surface area contributed by atoms with Crippen LogP contribution < -0.4 is 5.32 Å². The largest absolute Gasteiger partial charge is 0.478 e. The molecular formula is C13H23N3O2S. The van der Waals surface area contributed by atoms with E-state index in [9.17, 15) is 4.79 Å². The number of carbonyl (C=O) groups is 1. The number of nitrogens with one attached hydrogen (secondary N) is 1. The van der Waals surface area contributed by atoms with E-state index in [1.165, 1.54) is 6.20 Å². The van der Waals surface area contributed by atoms with Crippen molar-refractivity contribution in [1.29, 1.82) is 0 Å². The van der Waals surface area contributed by atoms with E-state index in [2.05, 4.69) is 30.5 Å². The van der Waals surface area contributed by atoms with Crippen LogP contribution in [0.15, 0.2) is 6.20 Å². The van der Waals surface area contributed by atoms with E-state index in [0.29, 0.717) is 6.54 Å². The van der Waals surface area contributed by atoms with Crippen LogP contribution in [0, 0.1) is 0 Å². The fourth-order valence-corrected chi connectivity index (χ4v) is 2.94. The van der Waals surface area contributed by atoms with Crippen LogP contribution in [0.1, 0.15) is 42.7 Å². The molecule has 108 valence electrons. The van der Waals surface area contributed by atoms with E-state index >= 15 is 0 Å². The molecule has 2 N–H and O–H groups in total. The number of carboxylic acid groups (broad SMARTS) is 1. The second-order valence-electron chi connectivity index (χ2n) is 4.63. The molecule has 0 amide bonds. The summed E-state index contributed by atoms with van der Waals surface area (Å²) in [7, 11) is 1.77. The minimum atomic E-state index is -0.924. The van der Waals surface area contributed by atoms with Crippen molar-refractivity contribution in [2.75, 3.05) is 12.8 Å². The van der Waals surface area contributed by atoms with Crippen molar-refractivity contribution in [1.82, 2.24) is 15.1 Å². The molecule has 1 heterocycles. The van der Waals surface area contributed by atoms with Gasteiger partial charge in [0.1, 0.15) is 5.56 Å². The predicted molar refractivity (Wildman–Crippen MR) is 78.7 cm³/mol. The molecule has 0 saturated carbocycles. The lowest BCUT2D eigenvalue weighted by atomic mass is 10.0. The SMILES string of the molecule is CCC(CC)(CNCc1c(C(=O)O)cnn1C)SC. The first-order valence-electron chi connectivity index (χ1n) is 6.49. The number of carboxylic acids is 1. The molecule has 1 aromatic rings. The fraction of sp³-hybridized carbons (Fsp3) is 0.692. The zero-order valence-electron chi connectivity index (χ0n) is 12.1. The molecule has 0 atom stereocenters. The Balaban J connectivity index is 2.67. The number of aromatic nitrogens is 2. The van der Waals surface area contributed by atoms with E-state index in [0.717, 1.165) is 25.1 Å². The van der Waals surface area contributed by atoms with Crippen molar-refractivity contribution in [3.8, 4) is 0 Å². The smallest absolute Gasteiger partial charge is 0.339 e. The van der Waals surface area contributed by atoms with Crippen molar-refractivity contribution in [2.24, 2.45) is 7.05 Å². The summed E-state index contributed by atoms with van der Waals surface area (Å²) in [5.74, 6) is -0.924. The Labute approximate surface area is 118 Å². The second kappa shape index (κ2) is 6.96. The van der Waals surface area contributed by atoms with Gasteiger partial charge in [-0.25, -0.2) is 4.79 Å². The van der Waals surface area contributed by atoms with E-state index in [1.807, 2.05) is 11.8 Å². The molecule has 1 rings (SSSR count). The van der Waals surface area contributed by atoms with Crippen LogP contribution in [-0.4, -0.2) is 38.4 Å². The molecule has 0 aromatic carbocycles. The van der Waals surface area contributed by atoms with Crippen LogP contribution in [0.25, 0.3) is 0 Å². The maximum absolute atomic E-state index is 11.1. The van der Waals surface area contributed by atoms with Gasteiger partial charge in [-0.1, -0.05) is 13.8 Å². The molecule has 0 radical (unpaired) electrons. The molecule has 19 heavy (non-hydrogen) atoms. The average molecular weight is 285 g/mol. The minimum absolute atomic E-state index is 0.224. The number of hydrogen-bond acceptors (Lipinski definition) is 4. The summed E-state index contributed by atoms with van der Waals surface area (Å²) in [5.41, 5.74) is 0.993. The molecule has 0 unspecified atom stereocenters. The van der Waals surface area contributed by atoms with Gasteiger partial charge in [-0.2, -0.15) is 16.9 Å². The predicted octanol–water partition coefficient (Wildman–Crippen LogP) is 2.13. The molecule has 0 aliphatic heterocycles. The highest BCUT2D eigenvalue weighted by atomic mass is 32.2. The summed E-state index contributed by atoms with van der Waals surface area (Å²) in [4.78, 5) is 11.1. The Kier molecular flexibility index (Phi) is 5.87. The molecule has 1 aromatic heterocycles. The molecule has 6 heteroatoms. The number of hydrogen-bond donors (Lipinski definition) is 2. The summed E-state index contributed by atoms with van der Waals surface area (Å²) in [6.07, 6.45) is 5.71. The maximum Gasteiger partial charge on any atom is 0.339 e. The molecule has 0 spiro atoms. The average Bonchev–Trinajstić information content (AvgIpc) is 2.77. The molecule has 0 saturated heterocycles. The van der Waals surface area contributed by atoms with Gasteiger partial charge < -0.3 is 10.4 Å². The Morgan fingerprint density at radius 2 is 2.16 bits per heavy atom. The summed E-state index contributed by atoms with van der Waals surface area (Å²) >= 11 is 1.87. The van der Waals surface area contributed by atoms with E-state index in [-0.39, 0.29) is 10.3 Å². The lowest BCUT2D eigenvalue weighted by molar-refractivity contribution is 0.0695. The monoisotopic (exact) mass is 285 g/mol. The van der Waals surface area contributed by atoms with E-state index < -0.39 is 5.97 Å². The Bertz CT molecular complexity index is 419.